The van der Waals surface area contributed by atoms with Gasteiger partial charge in [-0.15, -0.1) is 0 Å². The zero-order chi connectivity index (χ0) is 10.3. The molecule has 2 heteroatoms. The first-order chi connectivity index (χ1) is 5.27. The highest BCUT2D eigenvalue weighted by Gasteiger charge is 1.79. The molecular weight excluding hydrogens is 138 g/mol. The Morgan fingerprint density at radius 2 is 1.27 bits per heavy atom. The summed E-state index contributed by atoms with van der Waals surface area (Å²) in [4.78, 5) is 8.00. The Hall–Kier alpha value is -0.370. The van der Waals surface area contributed by atoms with Gasteiger partial charge in [-0.05, 0) is 13.3 Å². The molecule has 0 aromatic heterocycles. The molecule has 0 heterocycles. The second-order valence-corrected chi connectivity index (χ2v) is 1.39. The molecule has 0 aromatic carbocycles. The number of hydrogen-bond acceptors (Lipinski definition) is 2. The molecule has 0 rings (SSSR count). The summed E-state index contributed by atoms with van der Waals surface area (Å²) in [6.07, 6.45) is 1.08. The summed E-state index contributed by atoms with van der Waals surface area (Å²) in [5, 5.41) is 0. The third-order valence-corrected chi connectivity index (χ3v) is 0.644. The molecule has 2 N–H and O–H groups in total. The maximum Gasteiger partial charge on any atom is 0.106 e. The maximum absolute atomic E-state index is 8.00. The van der Waals surface area contributed by atoms with E-state index in [0.717, 1.165) is 6.42 Å². The third kappa shape index (κ3) is 211. The van der Waals surface area contributed by atoms with Crippen molar-refractivity contribution in [2.75, 3.05) is 0 Å². The van der Waals surface area contributed by atoms with Crippen LogP contribution in [-0.4, -0.2) is 12.8 Å². The summed E-state index contributed by atoms with van der Waals surface area (Å²) in [6, 6.07) is 0.384. The van der Waals surface area contributed by atoms with Crippen LogP contribution >= 0.6 is 0 Å². The maximum atomic E-state index is 8.00. The molecule has 11 heavy (non-hydrogen) atoms. The van der Waals surface area contributed by atoms with E-state index >= 15 is 0 Å². The minimum absolute atomic E-state index is 0.384. The highest BCUT2D eigenvalue weighted by molar-refractivity contribution is 5.10. The molecule has 0 radical (unpaired) electrons. The second-order valence-electron chi connectivity index (χ2n) is 1.39. The molecule has 72 valence electrons. The van der Waals surface area contributed by atoms with Gasteiger partial charge in [0.2, 0.25) is 0 Å². The summed E-state index contributed by atoms with van der Waals surface area (Å²) in [5.74, 6) is 0. The summed E-state index contributed by atoms with van der Waals surface area (Å²) in [6.45, 7) is 14.1. The number of hydrogen-bond donors (Lipinski definition) is 1. The van der Waals surface area contributed by atoms with Crippen molar-refractivity contribution in [2.45, 2.75) is 54.0 Å². The van der Waals surface area contributed by atoms with Crippen molar-refractivity contribution in [3.63, 3.8) is 0 Å². The highest BCUT2D eigenvalue weighted by atomic mass is 16.1. The van der Waals surface area contributed by atoms with Gasteiger partial charge in [-0.3, -0.25) is 0 Å². The second kappa shape index (κ2) is 54.4. The minimum Gasteiger partial charge on any atom is -0.328 e. The van der Waals surface area contributed by atoms with E-state index in [-0.39, 0.29) is 0 Å². The van der Waals surface area contributed by atoms with Crippen molar-refractivity contribution in [2.24, 2.45) is 5.73 Å². The first kappa shape index (κ1) is 22.4. The minimum atomic E-state index is 0.384. The van der Waals surface area contributed by atoms with Gasteiger partial charge in [0.05, 0.1) is 0 Å². The fourth-order valence-corrected chi connectivity index (χ4v) is 0. The Labute approximate surface area is 72.2 Å². The molecular formula is C9H25NO. The van der Waals surface area contributed by atoms with E-state index in [4.69, 9.17) is 10.5 Å². The zero-order valence-corrected chi connectivity index (χ0v) is 8.98. The van der Waals surface area contributed by atoms with Crippen LogP contribution in [-0.2, 0) is 4.79 Å². The molecule has 2 nitrogen and oxygen atoms in total. The van der Waals surface area contributed by atoms with E-state index in [2.05, 4.69) is 6.92 Å². The Morgan fingerprint density at radius 3 is 1.27 bits per heavy atom. The van der Waals surface area contributed by atoms with Gasteiger partial charge in [0.1, 0.15) is 6.79 Å². The van der Waals surface area contributed by atoms with E-state index in [1.165, 1.54) is 0 Å². The van der Waals surface area contributed by atoms with E-state index in [9.17, 15) is 0 Å². The number of carbonyl (C=O) groups excluding carboxylic acids is 1. The zero-order valence-electron chi connectivity index (χ0n) is 8.98. The Bertz CT molecular complexity index is 30.7. The van der Waals surface area contributed by atoms with Crippen molar-refractivity contribution < 1.29 is 4.79 Å². The van der Waals surface area contributed by atoms with Crippen LogP contribution in [0.4, 0.5) is 0 Å². The number of nitrogens with two attached hydrogens (primary N) is 1. The van der Waals surface area contributed by atoms with Crippen molar-refractivity contribution in [1.29, 1.82) is 0 Å². The fraction of sp³-hybridized carbons (Fsp3) is 0.889. The molecule has 0 amide bonds. The van der Waals surface area contributed by atoms with Crippen LogP contribution in [0.5, 0.6) is 0 Å². The van der Waals surface area contributed by atoms with Crippen molar-refractivity contribution in [1.82, 2.24) is 0 Å². The predicted molar refractivity (Wildman–Crippen MR) is 53.8 cm³/mol. The van der Waals surface area contributed by atoms with Crippen LogP contribution < -0.4 is 5.73 Å². The molecule has 0 aliphatic carbocycles. The molecule has 0 saturated heterocycles. The van der Waals surface area contributed by atoms with Gasteiger partial charge in [-0.2, -0.15) is 0 Å². The summed E-state index contributed by atoms with van der Waals surface area (Å²) < 4.78 is 0. The van der Waals surface area contributed by atoms with Crippen LogP contribution in [0.1, 0.15) is 48.0 Å². The topological polar surface area (TPSA) is 43.1 Å². The first-order valence-electron chi connectivity index (χ1n) is 4.31. The summed E-state index contributed by atoms with van der Waals surface area (Å²) >= 11 is 0. The quantitative estimate of drug-likeness (QED) is 0.645. The van der Waals surface area contributed by atoms with Crippen LogP contribution in [0, 0.1) is 0 Å². The molecule has 0 aliphatic rings. The van der Waals surface area contributed by atoms with Gasteiger partial charge in [-0.25, -0.2) is 0 Å². The fourth-order valence-electron chi connectivity index (χ4n) is 0. The Balaban J connectivity index is -0.0000000350. The normalized spacial score (nSPS) is 8.27. The van der Waals surface area contributed by atoms with E-state index < -0.39 is 0 Å². The Kier molecular flexibility index (Phi) is 111. The van der Waals surface area contributed by atoms with Crippen molar-refractivity contribution in [3.05, 3.63) is 0 Å². The highest BCUT2D eigenvalue weighted by Crippen LogP contribution is 1.77. The smallest absolute Gasteiger partial charge is 0.106 e. The standard InChI is InChI=1S/C4H11N.2C2H6.CH2O/c1-3-4(2)5;3*1-2/h4H,3,5H2,1-2H3;2*1-2H3;1H2. The molecule has 0 bridgehead atoms. The molecule has 0 spiro atoms. The first-order valence-corrected chi connectivity index (χ1v) is 4.31. The molecule has 0 aliphatic heterocycles. The SMILES string of the molecule is C=O.CC.CC.CCC(C)N. The summed E-state index contributed by atoms with van der Waals surface area (Å²) in [7, 11) is 0. The Morgan fingerprint density at radius 1 is 1.18 bits per heavy atom. The van der Waals surface area contributed by atoms with Crippen molar-refractivity contribution in [3.8, 4) is 0 Å². The lowest BCUT2D eigenvalue weighted by atomic mass is 10.3. The van der Waals surface area contributed by atoms with E-state index in [1.807, 2.05) is 41.4 Å². The lowest BCUT2D eigenvalue weighted by Crippen LogP contribution is -2.11. The van der Waals surface area contributed by atoms with Gasteiger partial charge < -0.3 is 10.5 Å². The van der Waals surface area contributed by atoms with Gasteiger partial charge >= 0.3 is 0 Å². The monoisotopic (exact) mass is 163 g/mol. The van der Waals surface area contributed by atoms with Gasteiger partial charge in [0.25, 0.3) is 0 Å². The molecule has 1 atom stereocenters. The van der Waals surface area contributed by atoms with Crippen LogP contribution in [0.15, 0.2) is 0 Å². The molecule has 0 fully saturated rings. The summed E-state index contributed by atoms with van der Waals surface area (Å²) in [5.41, 5.74) is 5.29. The third-order valence-electron chi connectivity index (χ3n) is 0.644. The van der Waals surface area contributed by atoms with E-state index in [0.29, 0.717) is 6.04 Å². The molecule has 1 unspecified atom stereocenters. The van der Waals surface area contributed by atoms with Crippen LogP contribution in [0.25, 0.3) is 0 Å². The lowest BCUT2D eigenvalue weighted by molar-refractivity contribution is -0.0979. The number of carbonyl (C=O) groups is 1. The van der Waals surface area contributed by atoms with Crippen LogP contribution in [0.3, 0.4) is 0 Å². The largest absolute Gasteiger partial charge is 0.328 e. The van der Waals surface area contributed by atoms with Gasteiger partial charge in [-0.1, -0.05) is 34.6 Å². The van der Waals surface area contributed by atoms with Gasteiger partial charge in [0.15, 0.2) is 0 Å². The molecule has 0 aromatic rings. The van der Waals surface area contributed by atoms with Gasteiger partial charge in [0, 0.05) is 6.04 Å². The average Bonchev–Trinajstić information content (AvgIpc) is 2.15. The molecule has 0 saturated carbocycles. The predicted octanol–water partition coefficient (Wildman–Crippen LogP) is 2.61. The average molecular weight is 163 g/mol. The van der Waals surface area contributed by atoms with Crippen LogP contribution in [0.2, 0.25) is 0 Å². The van der Waals surface area contributed by atoms with Crippen molar-refractivity contribution >= 4 is 6.79 Å². The lowest BCUT2D eigenvalue weighted by Gasteiger charge is -1.91. The van der Waals surface area contributed by atoms with E-state index in [1.54, 1.807) is 0 Å². The number of rotatable bonds is 1.